The van der Waals surface area contributed by atoms with Gasteiger partial charge in [0, 0.05) is 12.4 Å². The Morgan fingerprint density at radius 2 is 2.45 bits per heavy atom. The molecule has 0 aliphatic heterocycles. The molecule has 0 N–H and O–H groups in total. The second-order valence-electron chi connectivity index (χ2n) is 2.28. The van der Waals surface area contributed by atoms with Gasteiger partial charge in [-0.15, -0.1) is 0 Å². The highest BCUT2D eigenvalue weighted by molar-refractivity contribution is 5.61. The van der Waals surface area contributed by atoms with E-state index in [4.69, 9.17) is 4.74 Å². The molecule has 0 amide bonds. The zero-order valence-corrected chi connectivity index (χ0v) is 6.74. The Kier molecular flexibility index (Phi) is 2.66. The number of nitrogens with zero attached hydrogens (tertiary/aromatic N) is 1. The van der Waals surface area contributed by atoms with Gasteiger partial charge in [0.25, 0.3) is 0 Å². The van der Waals surface area contributed by atoms with Crippen LogP contribution in [0.2, 0.25) is 0 Å². The minimum atomic E-state index is 1.08. The molecule has 0 radical (unpaired) electrons. The molecule has 58 valence electrons. The maximum Gasteiger partial charge on any atom is 0.0860 e. The monoisotopic (exact) mass is 149 g/mol. The molecule has 2 nitrogen and oxygen atoms in total. The fraction of sp³-hybridized carbons (Fsp3) is 0.222. The van der Waals surface area contributed by atoms with E-state index in [0.717, 1.165) is 11.1 Å². The molecule has 0 aliphatic rings. The van der Waals surface area contributed by atoms with Crippen molar-refractivity contribution in [3.8, 4) is 0 Å². The molecule has 0 bridgehead atoms. The Morgan fingerprint density at radius 1 is 1.64 bits per heavy atom. The number of pyridine rings is 1. The number of methoxy groups -OCH3 is 1. The molecule has 0 fully saturated rings. The quantitative estimate of drug-likeness (QED) is 0.601. The zero-order valence-electron chi connectivity index (χ0n) is 6.74. The summed E-state index contributed by atoms with van der Waals surface area (Å²) in [5.74, 6) is 0. The van der Waals surface area contributed by atoms with Gasteiger partial charge in [-0.2, -0.15) is 0 Å². The Labute approximate surface area is 66.5 Å². The van der Waals surface area contributed by atoms with E-state index < -0.39 is 0 Å². The highest BCUT2D eigenvalue weighted by Crippen LogP contribution is 2.10. The van der Waals surface area contributed by atoms with Crippen LogP contribution in [0.3, 0.4) is 0 Å². The number of ether oxygens (including phenoxy) is 1. The average Bonchev–Trinajstić information content (AvgIpc) is 2.07. The third-order valence-electron chi connectivity index (χ3n) is 1.41. The van der Waals surface area contributed by atoms with Gasteiger partial charge in [0.1, 0.15) is 0 Å². The molecule has 0 atom stereocenters. The summed E-state index contributed by atoms with van der Waals surface area (Å²) in [6.07, 6.45) is 5.27. The van der Waals surface area contributed by atoms with Gasteiger partial charge >= 0.3 is 0 Å². The Morgan fingerprint density at radius 3 is 3.00 bits per heavy atom. The molecule has 0 spiro atoms. The van der Waals surface area contributed by atoms with Gasteiger partial charge in [0.05, 0.1) is 13.4 Å². The number of rotatable bonds is 2. The van der Waals surface area contributed by atoms with Gasteiger partial charge in [-0.1, -0.05) is 6.07 Å². The summed E-state index contributed by atoms with van der Waals surface area (Å²) in [4.78, 5) is 3.99. The average molecular weight is 149 g/mol. The van der Waals surface area contributed by atoms with Crippen molar-refractivity contribution in [1.82, 2.24) is 4.98 Å². The van der Waals surface area contributed by atoms with Crippen LogP contribution in [0.25, 0.3) is 5.57 Å². The van der Waals surface area contributed by atoms with Gasteiger partial charge in [-0.05, 0) is 24.1 Å². The van der Waals surface area contributed by atoms with Crippen LogP contribution in [-0.2, 0) is 4.74 Å². The summed E-state index contributed by atoms with van der Waals surface area (Å²) in [5, 5.41) is 0. The summed E-state index contributed by atoms with van der Waals surface area (Å²) >= 11 is 0. The minimum absolute atomic E-state index is 1.08. The summed E-state index contributed by atoms with van der Waals surface area (Å²) in [5.41, 5.74) is 2.18. The third-order valence-corrected chi connectivity index (χ3v) is 1.41. The highest BCUT2D eigenvalue weighted by atomic mass is 16.5. The smallest absolute Gasteiger partial charge is 0.0860 e. The topological polar surface area (TPSA) is 22.1 Å². The summed E-state index contributed by atoms with van der Waals surface area (Å²) in [6, 6.07) is 3.90. The van der Waals surface area contributed by atoms with Crippen molar-refractivity contribution in [2.24, 2.45) is 0 Å². The van der Waals surface area contributed by atoms with Gasteiger partial charge in [0.2, 0.25) is 0 Å². The normalized spacial score (nSPS) is 11.3. The van der Waals surface area contributed by atoms with Crippen molar-refractivity contribution in [3.05, 3.63) is 36.4 Å². The molecule has 0 saturated carbocycles. The fourth-order valence-electron chi connectivity index (χ4n) is 0.841. The first-order valence-corrected chi connectivity index (χ1v) is 3.44. The van der Waals surface area contributed by atoms with Gasteiger partial charge < -0.3 is 4.74 Å². The number of aromatic nitrogens is 1. The molecule has 0 saturated heterocycles. The Hall–Kier alpha value is -1.31. The lowest BCUT2D eigenvalue weighted by molar-refractivity contribution is 0.339. The molecular formula is C9H11NO. The molecule has 0 unspecified atom stereocenters. The number of hydrogen-bond acceptors (Lipinski definition) is 2. The van der Waals surface area contributed by atoms with Crippen molar-refractivity contribution in [3.63, 3.8) is 0 Å². The lowest BCUT2D eigenvalue weighted by Gasteiger charge is -1.98. The van der Waals surface area contributed by atoms with E-state index in [1.807, 2.05) is 25.3 Å². The van der Waals surface area contributed by atoms with Crippen molar-refractivity contribution in [2.45, 2.75) is 6.92 Å². The summed E-state index contributed by atoms with van der Waals surface area (Å²) in [6.45, 7) is 1.99. The van der Waals surface area contributed by atoms with Crippen LogP contribution >= 0.6 is 0 Å². The minimum Gasteiger partial charge on any atom is -0.504 e. The van der Waals surface area contributed by atoms with Crippen LogP contribution in [0.15, 0.2) is 30.8 Å². The molecule has 11 heavy (non-hydrogen) atoms. The second kappa shape index (κ2) is 3.76. The van der Waals surface area contributed by atoms with Crippen molar-refractivity contribution in [2.75, 3.05) is 7.11 Å². The van der Waals surface area contributed by atoms with Gasteiger partial charge in [-0.3, -0.25) is 4.98 Å². The molecule has 1 heterocycles. The van der Waals surface area contributed by atoms with Crippen LogP contribution in [0.4, 0.5) is 0 Å². The van der Waals surface area contributed by atoms with E-state index in [1.165, 1.54) is 0 Å². The first-order chi connectivity index (χ1) is 5.34. The lowest BCUT2D eigenvalue weighted by atomic mass is 10.1. The van der Waals surface area contributed by atoms with Crippen LogP contribution in [-0.4, -0.2) is 12.1 Å². The van der Waals surface area contributed by atoms with Gasteiger partial charge in [0.15, 0.2) is 0 Å². The Balaban J connectivity index is 2.85. The van der Waals surface area contributed by atoms with Crippen molar-refractivity contribution >= 4 is 5.57 Å². The van der Waals surface area contributed by atoms with Crippen LogP contribution in [0.5, 0.6) is 0 Å². The predicted molar refractivity (Wildman–Crippen MR) is 44.9 cm³/mol. The number of allylic oxidation sites excluding steroid dienone is 1. The van der Waals surface area contributed by atoms with Gasteiger partial charge in [-0.25, -0.2) is 0 Å². The van der Waals surface area contributed by atoms with Crippen LogP contribution in [0.1, 0.15) is 12.5 Å². The molecule has 0 aromatic carbocycles. The zero-order chi connectivity index (χ0) is 8.10. The third kappa shape index (κ3) is 2.08. The number of hydrogen-bond donors (Lipinski definition) is 0. The van der Waals surface area contributed by atoms with Crippen LogP contribution in [0, 0.1) is 0 Å². The van der Waals surface area contributed by atoms with E-state index in [9.17, 15) is 0 Å². The largest absolute Gasteiger partial charge is 0.504 e. The second-order valence-corrected chi connectivity index (χ2v) is 2.28. The van der Waals surface area contributed by atoms with Crippen LogP contribution < -0.4 is 0 Å². The maximum atomic E-state index is 4.87. The summed E-state index contributed by atoms with van der Waals surface area (Å²) in [7, 11) is 1.64. The first-order valence-electron chi connectivity index (χ1n) is 3.44. The van der Waals surface area contributed by atoms with E-state index in [2.05, 4.69) is 4.98 Å². The molecular weight excluding hydrogens is 138 g/mol. The SMILES string of the molecule is CO/C=C(/C)c1cccnc1. The highest BCUT2D eigenvalue weighted by Gasteiger charge is 1.92. The molecule has 1 rings (SSSR count). The van der Waals surface area contributed by atoms with E-state index in [-0.39, 0.29) is 0 Å². The molecule has 1 aromatic heterocycles. The van der Waals surface area contributed by atoms with Crippen molar-refractivity contribution in [1.29, 1.82) is 0 Å². The maximum absolute atomic E-state index is 4.87. The molecule has 0 aliphatic carbocycles. The van der Waals surface area contributed by atoms with Crippen molar-refractivity contribution < 1.29 is 4.74 Å². The lowest BCUT2D eigenvalue weighted by Crippen LogP contribution is -1.81. The Bertz CT molecular complexity index is 241. The fourth-order valence-corrected chi connectivity index (χ4v) is 0.841. The first kappa shape index (κ1) is 7.79. The predicted octanol–water partition coefficient (Wildman–Crippen LogP) is 2.09. The van der Waals surface area contributed by atoms with E-state index in [1.54, 1.807) is 19.6 Å². The summed E-state index contributed by atoms with van der Waals surface area (Å²) < 4.78 is 4.87. The molecule has 1 aromatic rings. The standard InChI is InChI=1S/C9H11NO/c1-8(7-11-2)9-4-3-5-10-6-9/h3-7H,1-2H3/b8-7-. The van der Waals surface area contributed by atoms with E-state index in [0.29, 0.717) is 0 Å². The van der Waals surface area contributed by atoms with E-state index >= 15 is 0 Å². The molecule has 2 heteroatoms.